The molecule has 0 aromatic rings. The Balaban J connectivity index is 2.77. The van der Waals surface area contributed by atoms with Crippen LogP contribution in [-0.2, 0) is 24.4 Å². The van der Waals surface area contributed by atoms with Gasteiger partial charge in [-0.05, 0) is 20.8 Å². The molecule has 1 fully saturated rings. The minimum atomic E-state index is -5.71. The van der Waals surface area contributed by atoms with Crippen molar-refractivity contribution in [1.82, 2.24) is 10.2 Å². The minimum Gasteiger partial charge on any atom is -0.456 e. The number of esters is 1. The third-order valence-corrected chi connectivity index (χ3v) is 3.78. The quantitative estimate of drug-likeness (QED) is 0.529. The van der Waals surface area contributed by atoms with Gasteiger partial charge in [-0.15, -0.1) is 0 Å². The van der Waals surface area contributed by atoms with Crippen molar-refractivity contribution in [3.05, 3.63) is 0 Å². The fourth-order valence-electron chi connectivity index (χ4n) is 1.78. The summed E-state index contributed by atoms with van der Waals surface area (Å²) in [5.41, 5.74) is -0.825. The van der Waals surface area contributed by atoms with Gasteiger partial charge in [-0.3, -0.25) is 9.45 Å². The number of carbonyl (C=O) groups excluding carboxylic acids is 2. The molecule has 0 bridgehead atoms. The molecule has 12 heteroatoms. The number of nitrogens with one attached hydrogen (secondary N) is 1. The minimum absolute atomic E-state index is 0.0728. The Morgan fingerprint density at radius 2 is 1.92 bits per heavy atom. The average molecular weight is 374 g/mol. The van der Waals surface area contributed by atoms with E-state index in [1.807, 2.05) is 0 Å². The Bertz CT molecular complexity index is 589. The second-order valence-electron chi connectivity index (χ2n) is 6.11. The van der Waals surface area contributed by atoms with Crippen LogP contribution in [0.3, 0.4) is 0 Å². The van der Waals surface area contributed by atoms with Crippen LogP contribution in [0, 0.1) is 0 Å². The molecule has 0 aromatic heterocycles. The van der Waals surface area contributed by atoms with E-state index in [9.17, 15) is 26.8 Å². The average Bonchev–Trinajstić information content (AvgIpc) is 2.41. The molecule has 1 rings (SSSR count). The van der Waals surface area contributed by atoms with Crippen LogP contribution in [-0.4, -0.2) is 73.1 Å². The third kappa shape index (κ3) is 5.53. The summed E-state index contributed by atoms with van der Waals surface area (Å²) in [6.45, 7) is 3.35. The summed E-state index contributed by atoms with van der Waals surface area (Å²) < 4.78 is 64.9. The van der Waals surface area contributed by atoms with Crippen molar-refractivity contribution in [3.63, 3.8) is 0 Å². The molecule has 0 spiro atoms. The Morgan fingerprint density at radius 1 is 1.33 bits per heavy atom. The maximum absolute atomic E-state index is 13.1. The van der Waals surface area contributed by atoms with Gasteiger partial charge in [-0.2, -0.15) is 17.2 Å². The van der Waals surface area contributed by atoms with Crippen molar-refractivity contribution in [3.8, 4) is 0 Å². The van der Waals surface area contributed by atoms with Crippen molar-refractivity contribution in [2.45, 2.75) is 37.7 Å². The van der Waals surface area contributed by atoms with Crippen LogP contribution >= 0.6 is 0 Å². The Kier molecular flexibility index (Phi) is 6.11. The smallest absolute Gasteiger partial charge is 0.411 e. The molecular weight excluding hydrogens is 354 g/mol. The van der Waals surface area contributed by atoms with Crippen LogP contribution in [0.5, 0.6) is 0 Å². The van der Waals surface area contributed by atoms with Crippen LogP contribution in [0.4, 0.5) is 13.6 Å². The molecule has 0 aliphatic carbocycles. The van der Waals surface area contributed by atoms with E-state index >= 15 is 0 Å². The normalized spacial score (nSPS) is 19.8. The zero-order valence-electron chi connectivity index (χ0n) is 13.4. The molecule has 1 unspecified atom stereocenters. The van der Waals surface area contributed by atoms with Gasteiger partial charge in [-0.25, -0.2) is 9.59 Å². The molecule has 0 radical (unpaired) electrons. The Morgan fingerprint density at radius 3 is 2.42 bits per heavy atom. The van der Waals surface area contributed by atoms with Crippen LogP contribution in [0.1, 0.15) is 20.8 Å². The lowest BCUT2D eigenvalue weighted by molar-refractivity contribution is -0.156. The van der Waals surface area contributed by atoms with Gasteiger partial charge in [0.1, 0.15) is 11.6 Å². The predicted molar refractivity (Wildman–Crippen MR) is 77.1 cm³/mol. The maximum atomic E-state index is 13.1. The lowest BCUT2D eigenvalue weighted by atomic mass is 10.2. The molecule has 24 heavy (non-hydrogen) atoms. The van der Waals surface area contributed by atoms with Gasteiger partial charge < -0.3 is 14.8 Å². The molecule has 2 N–H and O–H groups in total. The molecule has 0 saturated carbocycles. The van der Waals surface area contributed by atoms with Gasteiger partial charge in [0.15, 0.2) is 6.61 Å². The zero-order chi connectivity index (χ0) is 18.8. The number of alkyl halides is 2. The SMILES string of the molecule is CC(C)(C)OC(=O)N1CCNCC1C(=O)OCC(F)(F)S(=O)(=O)O. The van der Waals surface area contributed by atoms with Gasteiger partial charge in [0.25, 0.3) is 0 Å². The first-order valence-corrected chi connectivity index (χ1v) is 8.40. The van der Waals surface area contributed by atoms with E-state index < -0.39 is 45.7 Å². The molecule has 1 atom stereocenters. The van der Waals surface area contributed by atoms with Crippen LogP contribution in [0.15, 0.2) is 0 Å². The highest BCUT2D eigenvalue weighted by molar-refractivity contribution is 7.86. The van der Waals surface area contributed by atoms with Gasteiger partial charge >= 0.3 is 27.4 Å². The van der Waals surface area contributed by atoms with E-state index in [1.54, 1.807) is 20.8 Å². The van der Waals surface area contributed by atoms with E-state index in [0.29, 0.717) is 6.54 Å². The number of hydrogen-bond acceptors (Lipinski definition) is 7. The lowest BCUT2D eigenvalue weighted by Gasteiger charge is -2.35. The highest BCUT2D eigenvalue weighted by Crippen LogP contribution is 2.21. The van der Waals surface area contributed by atoms with E-state index in [4.69, 9.17) is 9.29 Å². The molecule has 1 amide bonds. The zero-order valence-corrected chi connectivity index (χ0v) is 14.2. The van der Waals surface area contributed by atoms with Crippen molar-refractivity contribution in [1.29, 1.82) is 0 Å². The summed E-state index contributed by atoms with van der Waals surface area (Å²) >= 11 is 0. The number of rotatable bonds is 4. The maximum Gasteiger partial charge on any atom is 0.411 e. The first kappa shape index (κ1) is 20.5. The molecule has 1 aliphatic heterocycles. The first-order valence-electron chi connectivity index (χ1n) is 6.96. The van der Waals surface area contributed by atoms with Gasteiger partial charge in [0.05, 0.1) is 0 Å². The molecule has 140 valence electrons. The summed E-state index contributed by atoms with van der Waals surface area (Å²) in [5, 5.41) is -1.85. The monoisotopic (exact) mass is 374 g/mol. The number of halogens is 2. The topological polar surface area (TPSA) is 122 Å². The van der Waals surface area contributed by atoms with Crippen LogP contribution < -0.4 is 5.32 Å². The first-order chi connectivity index (χ1) is 10.7. The van der Waals surface area contributed by atoms with Crippen molar-refractivity contribution < 1.29 is 40.8 Å². The highest BCUT2D eigenvalue weighted by atomic mass is 32.2. The van der Waals surface area contributed by atoms with E-state index in [-0.39, 0.29) is 13.1 Å². The van der Waals surface area contributed by atoms with Crippen LogP contribution in [0.2, 0.25) is 0 Å². The third-order valence-electron chi connectivity index (χ3n) is 2.90. The van der Waals surface area contributed by atoms with E-state index in [1.165, 1.54) is 0 Å². The molecule has 1 heterocycles. The van der Waals surface area contributed by atoms with E-state index in [2.05, 4.69) is 10.1 Å². The molecule has 9 nitrogen and oxygen atoms in total. The second-order valence-corrected chi connectivity index (χ2v) is 7.66. The summed E-state index contributed by atoms with van der Waals surface area (Å²) in [7, 11) is -5.71. The van der Waals surface area contributed by atoms with Gasteiger partial charge in [-0.1, -0.05) is 0 Å². The van der Waals surface area contributed by atoms with Crippen molar-refractivity contribution in [2.75, 3.05) is 26.2 Å². The molecule has 1 saturated heterocycles. The molecule has 0 aromatic carbocycles. The van der Waals surface area contributed by atoms with Gasteiger partial charge in [0, 0.05) is 19.6 Å². The molecular formula is C12H20F2N2O7S. The number of nitrogens with zero attached hydrogens (tertiary/aromatic N) is 1. The standard InChI is InChI=1S/C12H20F2N2O7S/c1-11(2,3)23-10(18)16-5-4-15-6-8(16)9(17)22-7-12(13,14)24(19,20)21/h8,15H,4-7H2,1-3H3,(H,19,20,21). The summed E-state index contributed by atoms with van der Waals surface area (Å²) in [6.07, 6.45) is -0.826. The largest absolute Gasteiger partial charge is 0.456 e. The fourth-order valence-corrected chi connectivity index (χ4v) is 1.99. The fraction of sp³-hybridized carbons (Fsp3) is 0.833. The Hall–Kier alpha value is -1.53. The molecule has 1 aliphatic rings. The van der Waals surface area contributed by atoms with Gasteiger partial charge in [0.2, 0.25) is 0 Å². The number of ether oxygens (including phenoxy) is 2. The number of hydrogen-bond donors (Lipinski definition) is 2. The lowest BCUT2D eigenvalue weighted by Crippen LogP contribution is -2.58. The number of amides is 1. The number of piperazine rings is 1. The van der Waals surface area contributed by atoms with Crippen molar-refractivity contribution in [2.24, 2.45) is 0 Å². The summed E-state index contributed by atoms with van der Waals surface area (Å²) in [6, 6.07) is -1.26. The number of carbonyl (C=O) groups is 2. The van der Waals surface area contributed by atoms with Crippen molar-refractivity contribution >= 4 is 22.2 Å². The second kappa shape index (κ2) is 7.15. The summed E-state index contributed by atoms with van der Waals surface area (Å²) in [4.78, 5) is 25.0. The van der Waals surface area contributed by atoms with Crippen LogP contribution in [0.25, 0.3) is 0 Å². The van der Waals surface area contributed by atoms with E-state index in [0.717, 1.165) is 4.90 Å². The summed E-state index contributed by atoms with van der Waals surface area (Å²) in [5.74, 6) is -1.24. The highest BCUT2D eigenvalue weighted by Gasteiger charge is 2.46. The predicted octanol–water partition coefficient (Wildman–Crippen LogP) is 0.219. The Labute approximate surface area is 138 Å².